The number of carbonyl (C=O) groups excluding carboxylic acids is 3. The molecule has 40 heavy (non-hydrogen) atoms. The fraction of sp³-hybridized carbons (Fsp3) is 0.414. The first-order valence-corrected chi connectivity index (χ1v) is 13.4. The van der Waals surface area contributed by atoms with E-state index in [1.165, 1.54) is 29.0 Å². The van der Waals surface area contributed by atoms with Gasteiger partial charge in [0.15, 0.2) is 0 Å². The molecule has 1 atom stereocenters. The number of pyridine rings is 2. The van der Waals surface area contributed by atoms with Crippen molar-refractivity contribution in [1.82, 2.24) is 25.1 Å². The number of aliphatic hydroxyl groups excluding tert-OH is 1. The molecule has 11 heteroatoms. The number of nitrogens with one attached hydrogen (secondary N) is 2. The number of halogens is 1. The Morgan fingerprint density at radius 2 is 1.90 bits per heavy atom. The maximum atomic E-state index is 13.5. The van der Waals surface area contributed by atoms with Gasteiger partial charge in [-0.1, -0.05) is 49.8 Å². The molecule has 3 heterocycles. The van der Waals surface area contributed by atoms with E-state index in [9.17, 15) is 24.3 Å². The Hall–Kier alpha value is -3.76. The highest BCUT2D eigenvalue weighted by Gasteiger charge is 2.37. The summed E-state index contributed by atoms with van der Waals surface area (Å²) in [6.45, 7) is 12.3. The Balaban J connectivity index is 1.91. The molecular formula is C29H36ClN5O5. The fourth-order valence-corrected chi connectivity index (χ4v) is 4.34. The molecule has 0 saturated carbocycles. The van der Waals surface area contributed by atoms with E-state index in [-0.39, 0.29) is 47.7 Å². The summed E-state index contributed by atoms with van der Waals surface area (Å²) >= 11 is 5.92. The minimum atomic E-state index is -0.733. The van der Waals surface area contributed by atoms with E-state index >= 15 is 0 Å². The SMILES string of the molecule is C=CC(Cl)=CC=C(C)CCNC(=O)c1cc2cc(C(=O)NCC(C)O)cnc2n(CC(=O)N2CC(C)(C)C2)c1=O. The van der Waals surface area contributed by atoms with Gasteiger partial charge in [0.1, 0.15) is 17.8 Å². The van der Waals surface area contributed by atoms with Crippen molar-refractivity contribution in [2.24, 2.45) is 5.41 Å². The van der Waals surface area contributed by atoms with Gasteiger partial charge < -0.3 is 20.6 Å². The second-order valence-corrected chi connectivity index (χ2v) is 11.3. The Morgan fingerprint density at radius 3 is 2.52 bits per heavy atom. The number of rotatable bonds is 11. The Kier molecular flexibility index (Phi) is 10.1. The monoisotopic (exact) mass is 569 g/mol. The zero-order valence-corrected chi connectivity index (χ0v) is 24.0. The minimum Gasteiger partial charge on any atom is -0.392 e. The first-order valence-electron chi connectivity index (χ1n) is 13.0. The molecule has 0 aromatic carbocycles. The molecule has 0 spiro atoms. The molecule has 2 aromatic rings. The second-order valence-electron chi connectivity index (χ2n) is 10.8. The lowest BCUT2D eigenvalue weighted by Gasteiger charge is -2.45. The van der Waals surface area contributed by atoms with E-state index < -0.39 is 23.5 Å². The predicted molar refractivity (Wildman–Crippen MR) is 155 cm³/mol. The van der Waals surface area contributed by atoms with Gasteiger partial charge in [0.05, 0.1) is 11.7 Å². The van der Waals surface area contributed by atoms with Gasteiger partial charge in [-0.25, -0.2) is 4.98 Å². The molecule has 10 nitrogen and oxygen atoms in total. The number of carbonyl (C=O) groups is 3. The van der Waals surface area contributed by atoms with E-state index in [1.807, 2.05) is 13.0 Å². The standard InChI is InChI=1S/C29H36ClN5O5/c1-6-22(30)8-7-18(2)9-10-31-27(39)23-12-20-11-21(26(38)33-13-19(3)36)14-32-25(20)35(28(23)40)15-24(37)34-16-29(4,5)17-34/h6-8,11-12,14,19,36H,1,9-10,13,15-17H2,2-5H3,(H,31,39)(H,33,38). The number of aliphatic hydroxyl groups is 1. The van der Waals surface area contributed by atoms with Crippen LogP contribution in [0, 0.1) is 5.41 Å². The summed E-state index contributed by atoms with van der Waals surface area (Å²) in [5, 5.41) is 15.7. The topological polar surface area (TPSA) is 134 Å². The van der Waals surface area contributed by atoms with Crippen molar-refractivity contribution < 1.29 is 19.5 Å². The number of fused-ring (bicyclic) bond motifs is 1. The first kappa shape index (κ1) is 30.8. The summed E-state index contributed by atoms with van der Waals surface area (Å²) in [6, 6.07) is 2.89. The van der Waals surface area contributed by atoms with Crippen LogP contribution in [0.25, 0.3) is 11.0 Å². The Morgan fingerprint density at radius 1 is 1.20 bits per heavy atom. The predicted octanol–water partition coefficient (Wildman–Crippen LogP) is 2.75. The van der Waals surface area contributed by atoms with Gasteiger partial charge in [-0.2, -0.15) is 0 Å². The van der Waals surface area contributed by atoms with Crippen molar-refractivity contribution in [1.29, 1.82) is 0 Å². The van der Waals surface area contributed by atoms with Crippen LogP contribution in [0.5, 0.6) is 0 Å². The van der Waals surface area contributed by atoms with Gasteiger partial charge in [-0.3, -0.25) is 23.7 Å². The molecule has 0 radical (unpaired) electrons. The van der Waals surface area contributed by atoms with Crippen LogP contribution in [-0.4, -0.2) is 69.6 Å². The van der Waals surface area contributed by atoms with E-state index in [2.05, 4.69) is 36.0 Å². The number of allylic oxidation sites excluding steroid dienone is 4. The third-order valence-corrected chi connectivity index (χ3v) is 6.68. The smallest absolute Gasteiger partial charge is 0.265 e. The molecule has 0 aliphatic carbocycles. The van der Waals surface area contributed by atoms with Crippen LogP contribution in [0.3, 0.4) is 0 Å². The molecule has 0 bridgehead atoms. The molecule has 214 valence electrons. The number of likely N-dealkylation sites (tertiary alicyclic amines) is 1. The Bertz CT molecular complexity index is 1430. The van der Waals surface area contributed by atoms with E-state index in [0.29, 0.717) is 29.9 Å². The summed E-state index contributed by atoms with van der Waals surface area (Å²) in [5.41, 5.74) is 0.528. The average molecular weight is 570 g/mol. The number of nitrogens with zero attached hydrogens (tertiary/aromatic N) is 3. The van der Waals surface area contributed by atoms with Gasteiger partial charge in [0.25, 0.3) is 17.4 Å². The number of hydrogen-bond donors (Lipinski definition) is 3. The zero-order chi connectivity index (χ0) is 29.6. The van der Waals surface area contributed by atoms with Gasteiger partial charge in [0, 0.05) is 42.8 Å². The van der Waals surface area contributed by atoms with E-state index in [4.69, 9.17) is 11.6 Å². The van der Waals surface area contributed by atoms with Crippen LogP contribution in [0.1, 0.15) is 54.8 Å². The summed E-state index contributed by atoms with van der Waals surface area (Å²) < 4.78 is 1.18. The van der Waals surface area contributed by atoms with E-state index in [0.717, 1.165) is 5.57 Å². The van der Waals surface area contributed by atoms with Crippen molar-refractivity contribution >= 4 is 40.4 Å². The summed E-state index contributed by atoms with van der Waals surface area (Å²) in [4.78, 5) is 58.1. The molecule has 3 N–H and O–H groups in total. The molecule has 2 aromatic heterocycles. The molecule has 1 fully saturated rings. The highest BCUT2D eigenvalue weighted by molar-refractivity contribution is 6.31. The minimum absolute atomic E-state index is 0.0103. The molecule has 1 saturated heterocycles. The maximum Gasteiger partial charge on any atom is 0.265 e. The lowest BCUT2D eigenvalue weighted by Crippen LogP contribution is -2.56. The van der Waals surface area contributed by atoms with Crippen LogP contribution in [0.2, 0.25) is 0 Å². The van der Waals surface area contributed by atoms with Crippen molar-refractivity contribution in [3.63, 3.8) is 0 Å². The van der Waals surface area contributed by atoms with Gasteiger partial charge >= 0.3 is 0 Å². The lowest BCUT2D eigenvalue weighted by molar-refractivity contribution is -0.142. The third-order valence-electron chi connectivity index (χ3n) is 6.40. The quantitative estimate of drug-likeness (QED) is 0.356. The Labute approximate surface area is 238 Å². The zero-order valence-electron chi connectivity index (χ0n) is 23.3. The molecule has 3 rings (SSSR count). The van der Waals surface area contributed by atoms with Crippen molar-refractivity contribution in [2.75, 3.05) is 26.2 Å². The van der Waals surface area contributed by atoms with Crippen LogP contribution in [-0.2, 0) is 11.3 Å². The largest absolute Gasteiger partial charge is 0.392 e. The molecule has 1 unspecified atom stereocenters. The molecule has 1 aliphatic heterocycles. The van der Waals surface area contributed by atoms with Crippen LogP contribution in [0.15, 0.2) is 58.5 Å². The fourth-order valence-electron chi connectivity index (χ4n) is 4.28. The number of aromatic nitrogens is 2. The summed E-state index contributed by atoms with van der Waals surface area (Å²) in [5.74, 6) is -1.33. The van der Waals surface area contributed by atoms with Crippen molar-refractivity contribution in [3.8, 4) is 0 Å². The lowest BCUT2D eigenvalue weighted by atomic mass is 9.84. The number of amides is 3. The molecule has 3 amide bonds. The van der Waals surface area contributed by atoms with Crippen molar-refractivity contribution in [2.45, 2.75) is 46.8 Å². The maximum absolute atomic E-state index is 13.5. The van der Waals surface area contributed by atoms with Gasteiger partial charge in [-0.15, -0.1) is 0 Å². The molecular weight excluding hydrogens is 534 g/mol. The first-order chi connectivity index (χ1) is 18.8. The molecule has 1 aliphatic rings. The van der Waals surface area contributed by atoms with Crippen LogP contribution in [0.4, 0.5) is 0 Å². The highest BCUT2D eigenvalue weighted by atomic mass is 35.5. The summed E-state index contributed by atoms with van der Waals surface area (Å²) in [7, 11) is 0. The summed E-state index contributed by atoms with van der Waals surface area (Å²) in [6.07, 6.45) is 6.12. The van der Waals surface area contributed by atoms with Crippen LogP contribution < -0.4 is 16.2 Å². The van der Waals surface area contributed by atoms with E-state index in [1.54, 1.807) is 17.9 Å². The third kappa shape index (κ3) is 7.89. The van der Waals surface area contributed by atoms with Gasteiger partial charge in [0.2, 0.25) is 5.91 Å². The van der Waals surface area contributed by atoms with Gasteiger partial charge in [-0.05, 0) is 43.9 Å². The second kappa shape index (κ2) is 13.1. The normalized spacial score (nSPS) is 15.8. The van der Waals surface area contributed by atoms with Crippen LogP contribution >= 0.6 is 11.6 Å². The average Bonchev–Trinajstić information content (AvgIpc) is 2.89. The van der Waals surface area contributed by atoms with Crippen molar-refractivity contribution in [3.05, 3.63) is 75.2 Å². The highest BCUT2D eigenvalue weighted by Crippen LogP contribution is 2.28. The number of hydrogen-bond acceptors (Lipinski definition) is 6.